The van der Waals surface area contributed by atoms with E-state index in [-0.39, 0.29) is 16.4 Å². The average Bonchev–Trinajstić information content (AvgIpc) is 2.22. The first-order valence-electron chi connectivity index (χ1n) is 5.47. The lowest BCUT2D eigenvalue weighted by atomic mass is 9.91. The van der Waals surface area contributed by atoms with Crippen LogP contribution in [0.4, 0.5) is 10.1 Å². The number of hydrogen-bond acceptors (Lipinski definition) is 2. The highest BCUT2D eigenvalue weighted by Gasteiger charge is 2.26. The molecule has 1 aliphatic heterocycles. The molecule has 1 aromatic carbocycles. The smallest absolute Gasteiger partial charge is 0.141 e. The van der Waals surface area contributed by atoms with Gasteiger partial charge in [0.25, 0.3) is 0 Å². The molecular formula is C12H16ClFN2. The Kier molecular flexibility index (Phi) is 3.08. The van der Waals surface area contributed by atoms with E-state index in [2.05, 4.69) is 11.8 Å². The number of nitrogens with zero attached hydrogens (tertiary/aromatic N) is 1. The van der Waals surface area contributed by atoms with E-state index in [1.807, 2.05) is 0 Å². The molecule has 0 aliphatic carbocycles. The van der Waals surface area contributed by atoms with Crippen LogP contribution in [0.1, 0.15) is 19.8 Å². The minimum Gasteiger partial charge on any atom is -0.371 e. The van der Waals surface area contributed by atoms with E-state index in [1.165, 1.54) is 6.07 Å². The molecule has 1 aliphatic rings. The van der Waals surface area contributed by atoms with Crippen LogP contribution in [0, 0.1) is 5.82 Å². The number of nitrogens with two attached hydrogens (primary N) is 1. The lowest BCUT2D eigenvalue weighted by Crippen LogP contribution is -2.48. The topological polar surface area (TPSA) is 29.3 Å². The van der Waals surface area contributed by atoms with E-state index < -0.39 is 0 Å². The van der Waals surface area contributed by atoms with Crippen molar-refractivity contribution in [2.24, 2.45) is 5.73 Å². The standard InChI is InChI=1S/C12H16ClFN2/c1-12(15)4-6-16(7-5-12)9-2-3-11(14)10(13)8-9/h2-3,8H,4-7,15H2,1H3. The molecule has 1 aromatic rings. The molecule has 1 fully saturated rings. The Labute approximate surface area is 100 Å². The largest absolute Gasteiger partial charge is 0.371 e. The van der Waals surface area contributed by atoms with Crippen molar-refractivity contribution < 1.29 is 4.39 Å². The maximum Gasteiger partial charge on any atom is 0.141 e. The summed E-state index contributed by atoms with van der Waals surface area (Å²) in [5.41, 5.74) is 6.96. The molecule has 2 nitrogen and oxygen atoms in total. The summed E-state index contributed by atoms with van der Waals surface area (Å²) in [6, 6.07) is 4.85. The van der Waals surface area contributed by atoms with E-state index in [0.29, 0.717) is 0 Å². The highest BCUT2D eigenvalue weighted by molar-refractivity contribution is 6.31. The van der Waals surface area contributed by atoms with E-state index >= 15 is 0 Å². The first kappa shape index (κ1) is 11.7. The molecule has 88 valence electrons. The quantitative estimate of drug-likeness (QED) is 0.821. The summed E-state index contributed by atoms with van der Waals surface area (Å²) < 4.78 is 13.0. The zero-order chi connectivity index (χ0) is 11.8. The Balaban J connectivity index is 2.11. The second-order valence-electron chi connectivity index (χ2n) is 4.74. The fourth-order valence-corrected chi connectivity index (χ4v) is 2.13. The lowest BCUT2D eigenvalue weighted by molar-refractivity contribution is 0.364. The maximum absolute atomic E-state index is 13.0. The SMILES string of the molecule is CC1(N)CCN(c2ccc(F)c(Cl)c2)CC1. The van der Waals surface area contributed by atoms with Crippen molar-refractivity contribution in [2.45, 2.75) is 25.3 Å². The minimum absolute atomic E-state index is 0.0691. The number of anilines is 1. The van der Waals surface area contributed by atoms with Gasteiger partial charge in [-0.2, -0.15) is 0 Å². The van der Waals surface area contributed by atoms with Gasteiger partial charge in [-0.05, 0) is 38.0 Å². The second kappa shape index (κ2) is 4.22. The normalized spacial score (nSPS) is 19.9. The zero-order valence-electron chi connectivity index (χ0n) is 9.34. The molecular weight excluding hydrogens is 227 g/mol. The summed E-state index contributed by atoms with van der Waals surface area (Å²) in [5.74, 6) is -0.369. The maximum atomic E-state index is 13.0. The average molecular weight is 243 g/mol. The molecule has 0 unspecified atom stereocenters. The third-order valence-corrected chi connectivity index (χ3v) is 3.46. The molecule has 2 rings (SSSR count). The van der Waals surface area contributed by atoms with E-state index in [1.54, 1.807) is 12.1 Å². The molecule has 2 N–H and O–H groups in total. The zero-order valence-corrected chi connectivity index (χ0v) is 10.1. The van der Waals surface area contributed by atoms with Crippen molar-refractivity contribution in [3.8, 4) is 0 Å². The van der Waals surface area contributed by atoms with Gasteiger partial charge in [0.05, 0.1) is 5.02 Å². The summed E-state index contributed by atoms with van der Waals surface area (Å²) in [5, 5.41) is 0.179. The van der Waals surface area contributed by atoms with Gasteiger partial charge in [0.2, 0.25) is 0 Å². The molecule has 0 saturated carbocycles. The molecule has 4 heteroatoms. The fourth-order valence-electron chi connectivity index (χ4n) is 1.96. The van der Waals surface area contributed by atoms with Crippen molar-refractivity contribution in [1.29, 1.82) is 0 Å². The van der Waals surface area contributed by atoms with Crippen LogP contribution < -0.4 is 10.6 Å². The van der Waals surface area contributed by atoms with E-state index in [0.717, 1.165) is 31.6 Å². The molecule has 0 amide bonds. The monoisotopic (exact) mass is 242 g/mol. The number of hydrogen-bond donors (Lipinski definition) is 1. The molecule has 0 aromatic heterocycles. The summed E-state index contributed by atoms with van der Waals surface area (Å²) in [6.45, 7) is 3.87. The Morgan fingerprint density at radius 2 is 2.00 bits per heavy atom. The van der Waals surface area contributed by atoms with Crippen LogP contribution >= 0.6 is 11.6 Å². The van der Waals surface area contributed by atoms with Crippen molar-refractivity contribution >= 4 is 17.3 Å². The molecule has 1 heterocycles. The van der Waals surface area contributed by atoms with Crippen molar-refractivity contribution in [1.82, 2.24) is 0 Å². The van der Waals surface area contributed by atoms with Gasteiger partial charge in [-0.3, -0.25) is 0 Å². The number of piperidine rings is 1. The van der Waals surface area contributed by atoms with Crippen LogP contribution in [-0.2, 0) is 0 Å². The van der Waals surface area contributed by atoms with E-state index in [9.17, 15) is 4.39 Å². The predicted octanol–water partition coefficient (Wildman–Crippen LogP) is 2.80. The molecule has 0 radical (unpaired) electrons. The van der Waals surface area contributed by atoms with Gasteiger partial charge in [0.1, 0.15) is 5.82 Å². The van der Waals surface area contributed by atoms with Gasteiger partial charge in [-0.25, -0.2) is 4.39 Å². The third-order valence-electron chi connectivity index (χ3n) is 3.17. The Morgan fingerprint density at radius 3 is 2.56 bits per heavy atom. The van der Waals surface area contributed by atoms with Crippen LogP contribution in [0.3, 0.4) is 0 Å². The minimum atomic E-state index is -0.369. The Morgan fingerprint density at radius 1 is 1.38 bits per heavy atom. The second-order valence-corrected chi connectivity index (χ2v) is 5.15. The summed E-state index contributed by atoms with van der Waals surface area (Å²) >= 11 is 5.76. The number of halogens is 2. The van der Waals surface area contributed by atoms with Crippen LogP contribution in [0.2, 0.25) is 5.02 Å². The summed E-state index contributed by atoms with van der Waals surface area (Å²) in [4.78, 5) is 2.19. The predicted molar refractivity (Wildman–Crippen MR) is 65.4 cm³/mol. The Hall–Kier alpha value is -0.800. The molecule has 0 bridgehead atoms. The molecule has 16 heavy (non-hydrogen) atoms. The van der Waals surface area contributed by atoms with Gasteiger partial charge in [0.15, 0.2) is 0 Å². The van der Waals surface area contributed by atoms with Crippen LogP contribution in [-0.4, -0.2) is 18.6 Å². The molecule has 0 spiro atoms. The lowest BCUT2D eigenvalue weighted by Gasteiger charge is -2.38. The van der Waals surface area contributed by atoms with Crippen LogP contribution in [0.25, 0.3) is 0 Å². The molecule has 0 atom stereocenters. The highest BCUT2D eigenvalue weighted by atomic mass is 35.5. The van der Waals surface area contributed by atoms with Crippen LogP contribution in [0.5, 0.6) is 0 Å². The van der Waals surface area contributed by atoms with Gasteiger partial charge in [0, 0.05) is 24.3 Å². The van der Waals surface area contributed by atoms with Gasteiger partial charge < -0.3 is 10.6 Å². The van der Waals surface area contributed by atoms with Gasteiger partial charge in [-0.1, -0.05) is 11.6 Å². The van der Waals surface area contributed by atoms with Crippen molar-refractivity contribution in [2.75, 3.05) is 18.0 Å². The number of rotatable bonds is 1. The van der Waals surface area contributed by atoms with E-state index in [4.69, 9.17) is 17.3 Å². The van der Waals surface area contributed by atoms with Gasteiger partial charge >= 0.3 is 0 Å². The molecule has 1 saturated heterocycles. The third kappa shape index (κ3) is 2.47. The first-order valence-corrected chi connectivity index (χ1v) is 5.85. The highest BCUT2D eigenvalue weighted by Crippen LogP contribution is 2.27. The van der Waals surface area contributed by atoms with Gasteiger partial charge in [-0.15, -0.1) is 0 Å². The van der Waals surface area contributed by atoms with Crippen molar-refractivity contribution in [3.05, 3.63) is 29.0 Å². The Bertz CT molecular complexity index is 383. The summed E-state index contributed by atoms with van der Waals surface area (Å²) in [7, 11) is 0. The first-order chi connectivity index (χ1) is 7.48. The van der Waals surface area contributed by atoms with Crippen LogP contribution in [0.15, 0.2) is 18.2 Å². The summed E-state index contributed by atoms with van der Waals surface area (Å²) in [6.07, 6.45) is 1.89. The van der Waals surface area contributed by atoms with Crippen molar-refractivity contribution in [3.63, 3.8) is 0 Å². The fraction of sp³-hybridized carbons (Fsp3) is 0.500. The number of benzene rings is 1.